The van der Waals surface area contributed by atoms with E-state index in [9.17, 15) is 0 Å². The van der Waals surface area contributed by atoms with Crippen molar-refractivity contribution in [1.29, 1.82) is 0 Å². The first-order valence-corrected chi connectivity index (χ1v) is 12.3. The summed E-state index contributed by atoms with van der Waals surface area (Å²) >= 11 is 0. The second kappa shape index (κ2) is 9.19. The Morgan fingerprint density at radius 1 is 0.514 bits per heavy atom. The van der Waals surface area contributed by atoms with Crippen LogP contribution in [0.1, 0.15) is 79.4 Å². The summed E-state index contributed by atoms with van der Waals surface area (Å²) in [7, 11) is 0. The molecule has 1 aromatic carbocycles. The van der Waals surface area contributed by atoms with Crippen LogP contribution >= 0.6 is 0 Å². The van der Waals surface area contributed by atoms with E-state index >= 15 is 0 Å². The number of H-pyrrole nitrogens is 3. The van der Waals surface area contributed by atoms with E-state index in [4.69, 9.17) is 0 Å². The molecule has 0 fully saturated rings. The maximum absolute atomic E-state index is 3.75. The maximum Gasteiger partial charge on any atom is 1.00 e. The predicted molar refractivity (Wildman–Crippen MR) is 137 cm³/mol. The van der Waals surface area contributed by atoms with Crippen molar-refractivity contribution >= 4 is 12.0 Å². The molecule has 0 aliphatic heterocycles. The molecular formula is C27H41BLiN6+3. The fourth-order valence-corrected chi connectivity index (χ4v) is 4.58. The molecule has 0 radical (unpaired) electrons. The Kier molecular flexibility index (Phi) is 7.11. The largest absolute Gasteiger partial charge is 1.00 e. The first kappa shape index (κ1) is 27.1. The third kappa shape index (κ3) is 4.94. The Bertz CT molecular complexity index is 1140. The van der Waals surface area contributed by atoms with Crippen molar-refractivity contribution in [3.05, 3.63) is 84.2 Å². The van der Waals surface area contributed by atoms with E-state index in [1.54, 1.807) is 0 Å². The number of hydrogen-bond acceptors (Lipinski definition) is 0. The van der Waals surface area contributed by atoms with Gasteiger partial charge in [0.05, 0.1) is 0 Å². The van der Waals surface area contributed by atoms with Gasteiger partial charge >= 0.3 is 25.4 Å². The summed E-state index contributed by atoms with van der Waals surface area (Å²) in [6.45, 7) is 18.4. The standard InChI is InChI=1S/C27H38BN6.Li/c1-25(2,3)22-15-18-32(29-22)28(21-13-11-10-12-14-21,33-19-16-23(30-33)26(4,5)6)34-20-17-24(31-34)27(7,8)9;/h10-20H,1-9H3;/q-1;+1/p+3. The van der Waals surface area contributed by atoms with Crippen LogP contribution in [-0.4, -0.2) is 20.3 Å². The fraction of sp³-hybridized carbons (Fsp3) is 0.444. The first-order valence-electron chi connectivity index (χ1n) is 12.3. The van der Waals surface area contributed by atoms with Crippen LogP contribution in [0.25, 0.3) is 0 Å². The Labute approximate surface area is 222 Å². The normalized spacial score (nSPS) is 13.1. The molecule has 0 amide bonds. The zero-order valence-electron chi connectivity index (χ0n) is 23.3. The molecule has 35 heavy (non-hydrogen) atoms. The zero-order valence-corrected chi connectivity index (χ0v) is 23.3. The van der Waals surface area contributed by atoms with Crippen molar-refractivity contribution in [3.63, 3.8) is 0 Å². The molecule has 0 unspecified atom stereocenters. The van der Waals surface area contributed by atoms with E-state index in [1.165, 1.54) is 22.5 Å². The van der Waals surface area contributed by atoms with Gasteiger partial charge in [0.1, 0.15) is 0 Å². The molecule has 0 aliphatic carbocycles. The fourth-order valence-electron chi connectivity index (χ4n) is 4.58. The van der Waals surface area contributed by atoms with Crippen molar-refractivity contribution in [3.8, 4) is 0 Å². The molecule has 3 aromatic heterocycles. The zero-order chi connectivity index (χ0) is 24.9. The molecule has 0 saturated carbocycles. The molecule has 180 valence electrons. The maximum atomic E-state index is 3.75. The molecule has 0 spiro atoms. The molecule has 3 heterocycles. The molecule has 6 nitrogen and oxygen atoms in total. The Balaban J connectivity index is 0.00000342. The minimum Gasteiger partial charge on any atom is -0.269 e. The molecule has 4 rings (SSSR count). The van der Waals surface area contributed by atoms with Gasteiger partial charge in [-0.25, -0.2) is 0 Å². The van der Waals surface area contributed by atoms with Crippen molar-refractivity contribution in [2.45, 2.75) is 78.6 Å². The SMILES string of the molecule is CC(C)(C)c1ccn([B-](c2ccccc2)(n2ccc(C(C)(C)C)[nH+]2)n2ccc(C(C)(C)C)[nH+]2)[nH+]1.[Li+]. The number of aromatic nitrogens is 6. The summed E-state index contributed by atoms with van der Waals surface area (Å²) < 4.78 is 6.76. The monoisotopic (exact) mass is 467 g/mol. The molecule has 0 aliphatic rings. The van der Waals surface area contributed by atoms with Gasteiger partial charge in [0.25, 0.3) is 0 Å². The van der Waals surface area contributed by atoms with Crippen LogP contribution in [-0.2, 0) is 16.2 Å². The molecule has 8 heteroatoms. The van der Waals surface area contributed by atoms with Crippen LogP contribution in [0.3, 0.4) is 0 Å². The van der Waals surface area contributed by atoms with Gasteiger partial charge in [0, 0.05) is 53.0 Å². The number of benzene rings is 1. The summed E-state index contributed by atoms with van der Waals surface area (Å²) in [5.74, 6) is 0. The molecule has 0 bridgehead atoms. The molecular weight excluding hydrogens is 426 g/mol. The quantitative estimate of drug-likeness (QED) is 0.386. The molecule has 0 saturated heterocycles. The summed E-state index contributed by atoms with van der Waals surface area (Å²) in [5, 5.41) is 11.2. The van der Waals surface area contributed by atoms with Crippen molar-refractivity contribution < 1.29 is 34.2 Å². The van der Waals surface area contributed by atoms with Gasteiger partial charge in [-0.1, -0.05) is 92.6 Å². The van der Waals surface area contributed by atoms with E-state index < -0.39 is 6.55 Å². The van der Waals surface area contributed by atoms with Crippen molar-refractivity contribution in [1.82, 2.24) is 13.8 Å². The third-order valence-corrected chi connectivity index (χ3v) is 6.79. The van der Waals surface area contributed by atoms with Gasteiger partial charge in [-0.15, -0.1) is 5.46 Å². The van der Waals surface area contributed by atoms with Crippen molar-refractivity contribution in [2.75, 3.05) is 0 Å². The van der Waals surface area contributed by atoms with Gasteiger partial charge in [-0.2, -0.15) is 15.3 Å². The molecule has 0 atom stereocenters. The van der Waals surface area contributed by atoms with Crippen molar-refractivity contribution in [2.24, 2.45) is 0 Å². The van der Waals surface area contributed by atoms with E-state index in [0.717, 1.165) is 0 Å². The van der Waals surface area contributed by atoms with Crippen LogP contribution in [0.2, 0.25) is 0 Å². The van der Waals surface area contributed by atoms with Crippen LogP contribution in [0.4, 0.5) is 0 Å². The van der Waals surface area contributed by atoms with Gasteiger partial charge < -0.3 is 0 Å². The molecule has 4 aromatic rings. The van der Waals surface area contributed by atoms with Gasteiger partial charge in [-0.3, -0.25) is 13.8 Å². The minimum absolute atomic E-state index is 0. The first-order chi connectivity index (χ1) is 15.7. The average Bonchev–Trinajstić information content (AvgIpc) is 3.49. The summed E-state index contributed by atoms with van der Waals surface area (Å²) in [4.78, 5) is 0. The molecule has 3 N–H and O–H groups in total. The third-order valence-electron chi connectivity index (χ3n) is 6.79. The van der Waals surface area contributed by atoms with Crippen LogP contribution in [0.5, 0.6) is 0 Å². The number of rotatable bonds is 4. The summed E-state index contributed by atoms with van der Waals surface area (Å²) in [6.07, 6.45) is 6.51. The van der Waals surface area contributed by atoms with E-state index in [-0.39, 0.29) is 35.1 Å². The average molecular weight is 467 g/mol. The number of aromatic amines is 3. The Morgan fingerprint density at radius 3 is 1.09 bits per heavy atom. The van der Waals surface area contributed by atoms with Gasteiger partial charge in [0.2, 0.25) is 17.1 Å². The van der Waals surface area contributed by atoms with Crippen LogP contribution in [0.15, 0.2) is 67.1 Å². The summed E-state index contributed by atoms with van der Waals surface area (Å²) in [5.41, 5.74) is 4.71. The topological polar surface area (TPSA) is 57.2 Å². The van der Waals surface area contributed by atoms with Crippen LogP contribution < -0.4 is 39.6 Å². The predicted octanol–water partition coefficient (Wildman–Crippen LogP) is 0.221. The Morgan fingerprint density at radius 2 is 0.829 bits per heavy atom. The van der Waals surface area contributed by atoms with Crippen LogP contribution in [0, 0.1) is 0 Å². The second-order valence-corrected chi connectivity index (χ2v) is 12.6. The minimum atomic E-state index is -1.73. The van der Waals surface area contributed by atoms with Gasteiger partial charge in [0.15, 0.2) is 0 Å². The summed E-state index contributed by atoms with van der Waals surface area (Å²) in [6, 6.07) is 17.3. The Hall–Kier alpha value is -2.49. The smallest absolute Gasteiger partial charge is 0.269 e. The second-order valence-electron chi connectivity index (χ2n) is 12.6. The van der Waals surface area contributed by atoms with Gasteiger partial charge in [-0.05, 0) is 0 Å². The number of hydrogen-bond donors (Lipinski definition) is 0. The van der Waals surface area contributed by atoms with E-state index in [1.807, 2.05) is 0 Å². The van der Waals surface area contributed by atoms with E-state index in [0.29, 0.717) is 0 Å². The van der Waals surface area contributed by atoms with E-state index in [2.05, 4.69) is 159 Å². The number of nitrogens with one attached hydrogen (secondary N) is 3. The number of nitrogens with zero attached hydrogens (tertiary/aromatic N) is 3.